The van der Waals surface area contributed by atoms with Gasteiger partial charge < -0.3 is 4.74 Å². The zero-order valence-corrected chi connectivity index (χ0v) is 13.0. The van der Waals surface area contributed by atoms with Gasteiger partial charge in [-0.3, -0.25) is 0 Å². The molecule has 0 saturated carbocycles. The van der Waals surface area contributed by atoms with Crippen LogP contribution in [-0.4, -0.2) is 7.11 Å². The first-order chi connectivity index (χ1) is 10.8. The Kier molecular flexibility index (Phi) is 4.24. The van der Waals surface area contributed by atoms with E-state index < -0.39 is 0 Å². The van der Waals surface area contributed by atoms with Gasteiger partial charge in [0.05, 0.1) is 7.11 Å². The van der Waals surface area contributed by atoms with Crippen LogP contribution in [-0.2, 0) is 6.42 Å². The van der Waals surface area contributed by atoms with Crippen LogP contribution in [0.1, 0.15) is 16.7 Å². The molecule has 0 fully saturated rings. The highest BCUT2D eigenvalue weighted by Gasteiger charge is 2.06. The van der Waals surface area contributed by atoms with Gasteiger partial charge in [0.15, 0.2) is 0 Å². The Balaban J connectivity index is 1.92. The summed E-state index contributed by atoms with van der Waals surface area (Å²) in [5, 5.41) is 0. The molecule has 109 valence electrons. The summed E-state index contributed by atoms with van der Waals surface area (Å²) in [6, 6.07) is 26.5. The zero-order valence-electron chi connectivity index (χ0n) is 13.0. The molecule has 0 aliphatic carbocycles. The fourth-order valence-corrected chi connectivity index (χ4v) is 2.57. The smallest absolute Gasteiger partial charge is 0.118 e. The van der Waals surface area contributed by atoms with Crippen molar-refractivity contribution in [2.24, 2.45) is 0 Å². The van der Waals surface area contributed by atoms with E-state index in [9.17, 15) is 0 Å². The molecule has 0 aromatic heterocycles. The van der Waals surface area contributed by atoms with Crippen LogP contribution in [0.5, 0.6) is 5.75 Å². The van der Waals surface area contributed by atoms with Gasteiger partial charge >= 0.3 is 0 Å². The predicted octanol–water partition coefficient (Wildman–Crippen LogP) is 5.06. The topological polar surface area (TPSA) is 9.23 Å². The molecule has 0 aliphatic rings. The van der Waals surface area contributed by atoms with Crippen molar-refractivity contribution in [2.75, 3.05) is 7.11 Å². The van der Waals surface area contributed by atoms with E-state index in [1.807, 2.05) is 18.2 Å². The summed E-state index contributed by atoms with van der Waals surface area (Å²) >= 11 is 0. The average Bonchev–Trinajstić information content (AvgIpc) is 2.57. The molecule has 1 nitrogen and oxygen atoms in total. The van der Waals surface area contributed by atoms with E-state index in [2.05, 4.69) is 61.5 Å². The molecule has 1 radical (unpaired) electrons. The molecular formula is C21H19O. The number of benzene rings is 3. The van der Waals surface area contributed by atoms with E-state index in [0.717, 1.165) is 12.2 Å². The molecule has 0 saturated heterocycles. The van der Waals surface area contributed by atoms with Crippen LogP contribution in [0.4, 0.5) is 0 Å². The summed E-state index contributed by atoms with van der Waals surface area (Å²) in [4.78, 5) is 0. The molecule has 1 heteroatoms. The molecule has 0 unspecified atom stereocenters. The minimum atomic E-state index is 0.891. The summed E-state index contributed by atoms with van der Waals surface area (Å²) in [6.07, 6.45) is 0.893. The first kappa shape index (κ1) is 14.4. The van der Waals surface area contributed by atoms with Crippen molar-refractivity contribution in [2.45, 2.75) is 13.3 Å². The number of ether oxygens (including phenoxy) is 1. The maximum Gasteiger partial charge on any atom is 0.118 e. The van der Waals surface area contributed by atoms with Crippen LogP contribution in [0.25, 0.3) is 11.1 Å². The van der Waals surface area contributed by atoms with Gasteiger partial charge in [0.2, 0.25) is 0 Å². The summed E-state index contributed by atoms with van der Waals surface area (Å²) in [7, 11) is 1.69. The molecule has 0 aliphatic heterocycles. The average molecular weight is 287 g/mol. The molecule has 0 heterocycles. The highest BCUT2D eigenvalue weighted by atomic mass is 16.5. The van der Waals surface area contributed by atoms with Crippen LogP contribution >= 0.6 is 0 Å². The van der Waals surface area contributed by atoms with Crippen molar-refractivity contribution in [3.8, 4) is 16.9 Å². The third kappa shape index (κ3) is 3.20. The Hall–Kier alpha value is -2.54. The SMILES string of the molecule is COc1ccc(Cc2ccc[c]c2-c2ccc(C)cc2)cc1. The van der Waals surface area contributed by atoms with Crippen LogP contribution in [0.2, 0.25) is 0 Å². The summed E-state index contributed by atoms with van der Waals surface area (Å²) in [6.45, 7) is 2.11. The lowest BCUT2D eigenvalue weighted by molar-refractivity contribution is 0.414. The lowest BCUT2D eigenvalue weighted by Gasteiger charge is -2.10. The van der Waals surface area contributed by atoms with Gasteiger partial charge in [0.25, 0.3) is 0 Å². The predicted molar refractivity (Wildman–Crippen MR) is 91.3 cm³/mol. The number of aryl methyl sites for hydroxylation is 1. The van der Waals surface area contributed by atoms with Crippen molar-refractivity contribution in [1.29, 1.82) is 0 Å². The zero-order chi connectivity index (χ0) is 15.4. The van der Waals surface area contributed by atoms with Gasteiger partial charge in [0.1, 0.15) is 5.75 Å². The van der Waals surface area contributed by atoms with Crippen molar-refractivity contribution in [1.82, 2.24) is 0 Å². The quantitative estimate of drug-likeness (QED) is 0.651. The van der Waals surface area contributed by atoms with Gasteiger partial charge in [-0.05, 0) is 53.8 Å². The van der Waals surface area contributed by atoms with Crippen molar-refractivity contribution in [3.63, 3.8) is 0 Å². The second-order valence-corrected chi connectivity index (χ2v) is 5.46. The van der Waals surface area contributed by atoms with Crippen molar-refractivity contribution in [3.05, 3.63) is 89.5 Å². The Bertz CT molecular complexity index is 740. The molecule has 0 spiro atoms. The number of hydrogen-bond donors (Lipinski definition) is 0. The Morgan fingerprint density at radius 1 is 0.909 bits per heavy atom. The molecule has 0 N–H and O–H groups in total. The Morgan fingerprint density at radius 2 is 1.64 bits per heavy atom. The fraction of sp³-hybridized carbons (Fsp3) is 0.143. The summed E-state index contributed by atoms with van der Waals surface area (Å²) in [5.74, 6) is 0.891. The second-order valence-electron chi connectivity index (χ2n) is 5.46. The lowest BCUT2D eigenvalue weighted by atomic mass is 9.94. The molecular weight excluding hydrogens is 268 g/mol. The third-order valence-corrected chi connectivity index (χ3v) is 3.84. The third-order valence-electron chi connectivity index (χ3n) is 3.84. The van der Waals surface area contributed by atoms with Crippen molar-refractivity contribution < 1.29 is 4.74 Å². The maximum absolute atomic E-state index is 5.22. The first-order valence-corrected chi connectivity index (χ1v) is 7.46. The Labute approximate surface area is 132 Å². The lowest BCUT2D eigenvalue weighted by Crippen LogP contribution is -1.93. The van der Waals surface area contributed by atoms with E-state index in [1.165, 1.54) is 27.8 Å². The van der Waals surface area contributed by atoms with Crippen LogP contribution in [0, 0.1) is 13.0 Å². The van der Waals surface area contributed by atoms with E-state index in [1.54, 1.807) is 7.11 Å². The van der Waals surface area contributed by atoms with Gasteiger partial charge in [-0.2, -0.15) is 0 Å². The Morgan fingerprint density at radius 3 is 2.32 bits per heavy atom. The number of methoxy groups -OCH3 is 1. The highest BCUT2D eigenvalue weighted by Crippen LogP contribution is 2.26. The molecule has 3 rings (SSSR count). The summed E-state index contributed by atoms with van der Waals surface area (Å²) < 4.78 is 5.22. The van der Waals surface area contributed by atoms with Crippen LogP contribution < -0.4 is 4.74 Å². The standard InChI is InChI=1S/C21H19O/c1-16-7-11-18(12-8-16)21-6-4-3-5-19(21)15-17-9-13-20(22-2)14-10-17/h3-5,7-14H,15H2,1-2H3. The van der Waals surface area contributed by atoms with E-state index in [-0.39, 0.29) is 0 Å². The normalized spacial score (nSPS) is 10.5. The highest BCUT2D eigenvalue weighted by molar-refractivity contribution is 5.67. The summed E-state index contributed by atoms with van der Waals surface area (Å²) in [5.41, 5.74) is 6.23. The molecule has 0 bridgehead atoms. The monoisotopic (exact) mass is 287 g/mol. The van der Waals surface area contributed by atoms with Crippen LogP contribution in [0.3, 0.4) is 0 Å². The molecule has 0 amide bonds. The van der Waals surface area contributed by atoms with E-state index in [4.69, 9.17) is 4.74 Å². The van der Waals surface area contributed by atoms with Gasteiger partial charge in [-0.25, -0.2) is 0 Å². The van der Waals surface area contributed by atoms with Crippen LogP contribution in [0.15, 0.2) is 66.7 Å². The van der Waals surface area contributed by atoms with Gasteiger partial charge in [0, 0.05) is 0 Å². The molecule has 0 atom stereocenters. The second kappa shape index (κ2) is 6.48. The number of rotatable bonds is 4. The maximum atomic E-state index is 5.22. The fourth-order valence-electron chi connectivity index (χ4n) is 2.57. The van der Waals surface area contributed by atoms with E-state index >= 15 is 0 Å². The largest absolute Gasteiger partial charge is 0.497 e. The molecule has 3 aromatic rings. The minimum Gasteiger partial charge on any atom is -0.497 e. The van der Waals surface area contributed by atoms with Gasteiger partial charge in [-0.15, -0.1) is 0 Å². The van der Waals surface area contributed by atoms with Gasteiger partial charge in [-0.1, -0.05) is 60.2 Å². The van der Waals surface area contributed by atoms with E-state index in [0.29, 0.717) is 0 Å². The molecule has 22 heavy (non-hydrogen) atoms. The minimum absolute atomic E-state index is 0.891. The van der Waals surface area contributed by atoms with Crippen molar-refractivity contribution >= 4 is 0 Å². The number of hydrogen-bond acceptors (Lipinski definition) is 1. The molecule has 3 aromatic carbocycles. The first-order valence-electron chi connectivity index (χ1n) is 7.46.